The van der Waals surface area contributed by atoms with Crippen LogP contribution in [0.4, 0.5) is 0 Å². The van der Waals surface area contributed by atoms with Crippen molar-refractivity contribution in [1.82, 2.24) is 0 Å². The Morgan fingerprint density at radius 1 is 0.778 bits per heavy atom. The van der Waals surface area contributed by atoms with Crippen LogP contribution in [0.25, 0.3) is 32.4 Å². The summed E-state index contributed by atoms with van der Waals surface area (Å²) >= 11 is 1.74. The van der Waals surface area contributed by atoms with Crippen molar-refractivity contribution in [1.29, 1.82) is 0 Å². The van der Waals surface area contributed by atoms with E-state index in [4.69, 9.17) is 4.42 Å². The molecule has 0 aliphatic carbocycles. The molecule has 0 spiro atoms. The van der Waals surface area contributed by atoms with Crippen molar-refractivity contribution in [3.05, 3.63) is 60.0 Å². The molecule has 1 nitrogen and oxygen atoms in total. The molecule has 4 rings (SSSR count). The van der Waals surface area contributed by atoms with Gasteiger partial charge in [-0.3, -0.25) is 0 Å². The maximum Gasteiger partial charge on any atom is 0.154 e. The molecule has 0 aliphatic heterocycles. The minimum absolute atomic E-state index is 0.965. The Labute approximate surface area is 108 Å². The van der Waals surface area contributed by atoms with Crippen LogP contribution in [0, 0.1) is 0 Å². The van der Waals surface area contributed by atoms with Crippen LogP contribution in [0.15, 0.2) is 64.4 Å². The molecule has 0 unspecified atom stereocenters. The number of furan rings is 1. The van der Waals surface area contributed by atoms with E-state index in [1.165, 1.54) is 21.2 Å². The summed E-state index contributed by atoms with van der Waals surface area (Å²) in [5.74, 6) is 0. The highest BCUT2D eigenvalue weighted by molar-refractivity contribution is 7.15. The maximum atomic E-state index is 5.99. The van der Waals surface area contributed by atoms with Gasteiger partial charge in [0, 0.05) is 16.2 Å². The number of hydrogen-bond acceptors (Lipinski definition) is 2. The fourth-order valence-corrected chi connectivity index (χ4v) is 3.31. The number of rotatable bonds is 1. The Bertz CT molecular complexity index is 824. The summed E-state index contributed by atoms with van der Waals surface area (Å²) in [7, 11) is 0. The van der Waals surface area contributed by atoms with Crippen LogP contribution in [0.1, 0.15) is 0 Å². The summed E-state index contributed by atoms with van der Waals surface area (Å²) in [6.45, 7) is 0. The van der Waals surface area contributed by atoms with Gasteiger partial charge in [0.1, 0.15) is 5.58 Å². The Hall–Kier alpha value is -2.06. The highest BCUT2D eigenvalue weighted by Gasteiger charge is 2.13. The molecule has 2 aromatic heterocycles. The highest BCUT2D eigenvalue weighted by atomic mass is 32.1. The lowest BCUT2D eigenvalue weighted by Crippen LogP contribution is -1.69. The van der Waals surface area contributed by atoms with E-state index >= 15 is 0 Å². The van der Waals surface area contributed by atoms with E-state index in [1.807, 2.05) is 18.2 Å². The smallest absolute Gasteiger partial charge is 0.154 e. The van der Waals surface area contributed by atoms with Crippen molar-refractivity contribution in [3.63, 3.8) is 0 Å². The molecule has 0 N–H and O–H groups in total. The first-order valence-electron chi connectivity index (χ1n) is 5.87. The van der Waals surface area contributed by atoms with E-state index in [2.05, 4.69) is 41.8 Å². The van der Waals surface area contributed by atoms with E-state index in [9.17, 15) is 0 Å². The second-order valence-electron chi connectivity index (χ2n) is 4.27. The Balaban J connectivity index is 2.08. The summed E-state index contributed by atoms with van der Waals surface area (Å²) in [4.78, 5) is 1.21. The second-order valence-corrected chi connectivity index (χ2v) is 5.15. The monoisotopic (exact) mass is 250 g/mol. The molecule has 0 saturated heterocycles. The quantitative estimate of drug-likeness (QED) is 0.446. The van der Waals surface area contributed by atoms with Gasteiger partial charge in [-0.15, -0.1) is 11.3 Å². The minimum Gasteiger partial charge on any atom is -0.455 e. The third-order valence-electron chi connectivity index (χ3n) is 3.17. The maximum absolute atomic E-state index is 5.99. The predicted octanol–water partition coefficient (Wildman–Crippen LogP) is 5.31. The highest BCUT2D eigenvalue weighted by Crippen LogP contribution is 2.40. The zero-order chi connectivity index (χ0) is 11.9. The molecule has 0 aliphatic rings. The van der Waals surface area contributed by atoms with E-state index < -0.39 is 0 Å². The summed E-state index contributed by atoms with van der Waals surface area (Å²) in [5, 5.41) is 4.60. The number of fused-ring (bicyclic) bond motifs is 3. The minimum atomic E-state index is 0.965. The normalized spacial score (nSPS) is 11.3. The van der Waals surface area contributed by atoms with E-state index in [1.54, 1.807) is 11.3 Å². The van der Waals surface area contributed by atoms with Crippen molar-refractivity contribution < 1.29 is 4.42 Å². The number of hydrogen-bond donors (Lipinski definition) is 0. The molecular weight excluding hydrogens is 240 g/mol. The molecule has 0 atom stereocenters. The molecular formula is C16H10OS. The first kappa shape index (κ1) is 9.92. The van der Waals surface area contributed by atoms with Gasteiger partial charge in [-0.05, 0) is 11.6 Å². The lowest BCUT2D eigenvalue weighted by molar-refractivity contribution is 0.671. The summed E-state index contributed by atoms with van der Waals surface area (Å²) in [5.41, 5.74) is 3.19. The van der Waals surface area contributed by atoms with Crippen molar-refractivity contribution in [2.45, 2.75) is 0 Å². The zero-order valence-corrected chi connectivity index (χ0v) is 10.4. The molecule has 0 amide bonds. The molecule has 86 valence electrons. The van der Waals surface area contributed by atoms with Crippen LogP contribution in [-0.4, -0.2) is 0 Å². The van der Waals surface area contributed by atoms with Gasteiger partial charge < -0.3 is 4.42 Å². The van der Waals surface area contributed by atoms with Crippen molar-refractivity contribution in [3.8, 4) is 10.4 Å². The van der Waals surface area contributed by atoms with Gasteiger partial charge in [0.25, 0.3) is 0 Å². The van der Waals surface area contributed by atoms with Gasteiger partial charge in [0.05, 0.1) is 4.88 Å². The fourth-order valence-electron chi connectivity index (χ4n) is 2.31. The Morgan fingerprint density at radius 2 is 1.56 bits per heavy atom. The Morgan fingerprint density at radius 3 is 2.44 bits per heavy atom. The third-order valence-corrected chi connectivity index (χ3v) is 4.18. The fraction of sp³-hybridized carbons (Fsp3) is 0. The lowest BCUT2D eigenvalue weighted by atomic mass is 10.1. The van der Waals surface area contributed by atoms with Gasteiger partial charge in [-0.25, -0.2) is 0 Å². The van der Waals surface area contributed by atoms with Gasteiger partial charge >= 0.3 is 0 Å². The molecule has 0 bridgehead atoms. The first-order chi connectivity index (χ1) is 8.93. The standard InChI is InChI=1S/C16H10OS/c1-2-6-11(7-3-1)16-15-13(10-18-16)12-8-4-5-9-14(12)17-15/h1-10H. The largest absolute Gasteiger partial charge is 0.455 e. The van der Waals surface area contributed by atoms with Gasteiger partial charge in [0.15, 0.2) is 5.58 Å². The molecule has 4 aromatic rings. The molecule has 0 saturated carbocycles. The first-order valence-corrected chi connectivity index (χ1v) is 6.75. The topological polar surface area (TPSA) is 13.1 Å². The lowest BCUT2D eigenvalue weighted by Gasteiger charge is -1.95. The SMILES string of the molecule is c1ccc(-c2scc3c2oc2ccccc23)cc1. The van der Waals surface area contributed by atoms with E-state index in [0.29, 0.717) is 0 Å². The van der Waals surface area contributed by atoms with Crippen molar-refractivity contribution in [2.75, 3.05) is 0 Å². The Kier molecular flexibility index (Phi) is 2.05. The third kappa shape index (κ3) is 1.33. The van der Waals surface area contributed by atoms with Crippen LogP contribution in [0.2, 0.25) is 0 Å². The molecule has 18 heavy (non-hydrogen) atoms. The van der Waals surface area contributed by atoms with Crippen LogP contribution in [-0.2, 0) is 0 Å². The molecule has 2 aromatic carbocycles. The average molecular weight is 250 g/mol. The number of benzene rings is 2. The molecule has 2 heterocycles. The zero-order valence-electron chi connectivity index (χ0n) is 9.59. The van der Waals surface area contributed by atoms with Crippen LogP contribution < -0.4 is 0 Å². The summed E-state index contributed by atoms with van der Waals surface area (Å²) in [6, 6.07) is 18.6. The van der Waals surface area contributed by atoms with Crippen LogP contribution >= 0.6 is 11.3 Å². The average Bonchev–Trinajstić information content (AvgIpc) is 2.98. The second kappa shape index (κ2) is 3.72. The van der Waals surface area contributed by atoms with Crippen molar-refractivity contribution >= 4 is 33.3 Å². The summed E-state index contributed by atoms with van der Waals surface area (Å²) in [6.07, 6.45) is 0. The van der Waals surface area contributed by atoms with Gasteiger partial charge in [-0.1, -0.05) is 48.5 Å². The van der Waals surface area contributed by atoms with Crippen LogP contribution in [0.3, 0.4) is 0 Å². The van der Waals surface area contributed by atoms with Gasteiger partial charge in [-0.2, -0.15) is 0 Å². The predicted molar refractivity (Wildman–Crippen MR) is 77.0 cm³/mol. The molecule has 2 heteroatoms. The number of para-hydroxylation sites is 1. The van der Waals surface area contributed by atoms with Gasteiger partial charge in [0.2, 0.25) is 0 Å². The van der Waals surface area contributed by atoms with E-state index in [0.717, 1.165) is 11.2 Å². The molecule has 0 fully saturated rings. The van der Waals surface area contributed by atoms with E-state index in [-0.39, 0.29) is 0 Å². The number of thiophene rings is 1. The van der Waals surface area contributed by atoms with Crippen molar-refractivity contribution in [2.24, 2.45) is 0 Å². The molecule has 0 radical (unpaired) electrons. The van der Waals surface area contributed by atoms with Crippen LogP contribution in [0.5, 0.6) is 0 Å². The summed E-state index contributed by atoms with van der Waals surface area (Å²) < 4.78 is 5.99.